The number of hydrogen-bond donors (Lipinski definition) is 5. The molecule has 0 aromatic rings. The minimum absolute atomic E-state index is 0.00137. The van der Waals surface area contributed by atoms with E-state index < -0.39 is 41.5 Å². The van der Waals surface area contributed by atoms with E-state index >= 15 is 0 Å². The highest BCUT2D eigenvalue weighted by molar-refractivity contribution is 8.13. The lowest BCUT2D eigenvalue weighted by Crippen LogP contribution is -2.44. The zero-order valence-corrected chi connectivity index (χ0v) is 11.5. The summed E-state index contributed by atoms with van der Waals surface area (Å²) in [5.74, 6) is -2.45. The second-order valence-electron chi connectivity index (χ2n) is 3.96. The summed E-state index contributed by atoms with van der Waals surface area (Å²) in [5.41, 5.74) is 15.9. The first-order chi connectivity index (χ1) is 9.23. The molecule has 0 fully saturated rings. The van der Waals surface area contributed by atoms with Gasteiger partial charge in [-0.3, -0.25) is 19.2 Å². The summed E-state index contributed by atoms with van der Waals surface area (Å²) >= 11 is 0.758. The van der Waals surface area contributed by atoms with Crippen molar-refractivity contribution in [2.75, 3.05) is 12.3 Å². The molecular formula is C10H18N4O5S. The number of carbonyl (C=O) groups excluding carboxylic acids is 3. The van der Waals surface area contributed by atoms with Crippen LogP contribution in [0.2, 0.25) is 0 Å². The third kappa shape index (κ3) is 8.45. The number of carbonyl (C=O) groups is 4. The van der Waals surface area contributed by atoms with E-state index in [4.69, 9.17) is 22.3 Å². The topological polar surface area (TPSA) is 179 Å². The Morgan fingerprint density at radius 1 is 1.15 bits per heavy atom. The first kappa shape index (κ1) is 18.4. The fourth-order valence-electron chi connectivity index (χ4n) is 1.06. The van der Waals surface area contributed by atoms with Gasteiger partial charge >= 0.3 is 5.97 Å². The van der Waals surface area contributed by atoms with E-state index in [0.717, 1.165) is 11.8 Å². The van der Waals surface area contributed by atoms with Crippen molar-refractivity contribution in [3.8, 4) is 0 Å². The molecule has 0 aromatic carbocycles. The van der Waals surface area contributed by atoms with Crippen LogP contribution < -0.4 is 22.5 Å². The van der Waals surface area contributed by atoms with Crippen LogP contribution in [0.5, 0.6) is 0 Å². The number of carboxylic acid groups (broad SMARTS) is 1. The molecule has 114 valence electrons. The van der Waals surface area contributed by atoms with Crippen LogP contribution in [-0.2, 0) is 19.2 Å². The molecule has 0 saturated carbocycles. The Balaban J connectivity index is 4.00. The van der Waals surface area contributed by atoms with Crippen LogP contribution >= 0.6 is 11.8 Å². The van der Waals surface area contributed by atoms with Crippen LogP contribution in [0.25, 0.3) is 0 Å². The van der Waals surface area contributed by atoms with Crippen molar-refractivity contribution in [2.45, 2.75) is 24.9 Å². The van der Waals surface area contributed by atoms with Crippen LogP contribution in [0, 0.1) is 0 Å². The standard InChI is InChI=1S/C10H18N4O5S/c11-5(1-2-7(13)15)10(19)20-4-6(12)9(18)14-3-8(16)17/h5-6H,1-4,11-12H2,(H2,13,15)(H,14,18)(H,16,17)/t5-,6-/m0/s1. The molecule has 0 spiro atoms. The van der Waals surface area contributed by atoms with Gasteiger partial charge in [-0.2, -0.15) is 0 Å². The molecule has 0 aliphatic carbocycles. The second kappa shape index (κ2) is 9.28. The van der Waals surface area contributed by atoms with Crippen LogP contribution in [0.4, 0.5) is 0 Å². The van der Waals surface area contributed by atoms with Gasteiger partial charge in [-0.15, -0.1) is 0 Å². The Kier molecular flexibility index (Phi) is 8.52. The molecule has 0 aromatic heterocycles. The fraction of sp³-hybridized carbons (Fsp3) is 0.600. The summed E-state index contributed by atoms with van der Waals surface area (Å²) in [6, 6.07) is -1.88. The van der Waals surface area contributed by atoms with Gasteiger partial charge in [0.05, 0.1) is 12.1 Å². The minimum Gasteiger partial charge on any atom is -0.480 e. The number of amides is 2. The Morgan fingerprint density at radius 3 is 2.25 bits per heavy atom. The summed E-state index contributed by atoms with van der Waals surface area (Å²) in [6.07, 6.45) is 0.125. The molecule has 20 heavy (non-hydrogen) atoms. The molecule has 0 bridgehead atoms. The lowest BCUT2D eigenvalue weighted by molar-refractivity contribution is -0.138. The maximum Gasteiger partial charge on any atom is 0.322 e. The zero-order chi connectivity index (χ0) is 15.7. The predicted molar refractivity (Wildman–Crippen MR) is 72.5 cm³/mol. The van der Waals surface area contributed by atoms with Crippen molar-refractivity contribution in [3.05, 3.63) is 0 Å². The third-order valence-electron chi connectivity index (χ3n) is 2.16. The number of primary amides is 1. The van der Waals surface area contributed by atoms with Gasteiger partial charge in [0.25, 0.3) is 0 Å². The van der Waals surface area contributed by atoms with E-state index in [-0.39, 0.29) is 18.6 Å². The molecule has 0 unspecified atom stereocenters. The molecule has 0 aliphatic heterocycles. The Labute approximate surface area is 119 Å². The normalized spacial score (nSPS) is 13.3. The number of aliphatic carboxylic acids is 1. The first-order valence-electron chi connectivity index (χ1n) is 5.69. The summed E-state index contributed by atoms with van der Waals surface area (Å²) in [7, 11) is 0. The largest absolute Gasteiger partial charge is 0.480 e. The fourth-order valence-corrected chi connectivity index (χ4v) is 1.89. The van der Waals surface area contributed by atoms with Crippen molar-refractivity contribution in [1.29, 1.82) is 0 Å². The highest BCUT2D eigenvalue weighted by Gasteiger charge is 2.19. The predicted octanol–water partition coefficient (Wildman–Crippen LogP) is -2.63. The number of carboxylic acids is 1. The number of nitrogens with one attached hydrogen (secondary N) is 1. The summed E-state index contributed by atoms with van der Waals surface area (Å²) < 4.78 is 0. The third-order valence-corrected chi connectivity index (χ3v) is 3.27. The molecule has 2 atom stereocenters. The summed E-state index contributed by atoms with van der Waals surface area (Å²) in [6.45, 7) is -0.538. The number of rotatable bonds is 9. The number of hydrogen-bond acceptors (Lipinski definition) is 7. The molecule has 9 nitrogen and oxygen atoms in total. The molecule has 8 N–H and O–H groups in total. The smallest absolute Gasteiger partial charge is 0.322 e. The van der Waals surface area contributed by atoms with Crippen molar-refractivity contribution in [2.24, 2.45) is 17.2 Å². The highest BCUT2D eigenvalue weighted by atomic mass is 32.2. The van der Waals surface area contributed by atoms with Crippen molar-refractivity contribution in [1.82, 2.24) is 5.32 Å². The molecule has 0 heterocycles. The van der Waals surface area contributed by atoms with Gasteiger partial charge in [0, 0.05) is 12.2 Å². The van der Waals surface area contributed by atoms with Crippen LogP contribution in [-0.4, -0.2) is 52.4 Å². The van der Waals surface area contributed by atoms with Crippen LogP contribution in [0.3, 0.4) is 0 Å². The summed E-state index contributed by atoms with van der Waals surface area (Å²) in [5, 5.41) is 10.1. The molecule has 10 heteroatoms. The highest BCUT2D eigenvalue weighted by Crippen LogP contribution is 2.09. The number of nitrogens with two attached hydrogens (primary N) is 3. The van der Waals surface area contributed by atoms with E-state index in [1.807, 2.05) is 0 Å². The van der Waals surface area contributed by atoms with E-state index in [1.54, 1.807) is 0 Å². The van der Waals surface area contributed by atoms with E-state index in [2.05, 4.69) is 5.32 Å². The van der Waals surface area contributed by atoms with E-state index in [9.17, 15) is 19.2 Å². The minimum atomic E-state index is -1.19. The van der Waals surface area contributed by atoms with Gasteiger partial charge in [0.15, 0.2) is 0 Å². The van der Waals surface area contributed by atoms with Gasteiger partial charge < -0.3 is 27.6 Å². The van der Waals surface area contributed by atoms with Gasteiger partial charge in [-0.1, -0.05) is 11.8 Å². The zero-order valence-electron chi connectivity index (χ0n) is 10.7. The Hall–Kier alpha value is -1.65. The molecule has 0 rings (SSSR count). The van der Waals surface area contributed by atoms with Gasteiger partial charge in [-0.25, -0.2) is 0 Å². The maximum atomic E-state index is 11.6. The lowest BCUT2D eigenvalue weighted by atomic mass is 10.2. The van der Waals surface area contributed by atoms with E-state index in [0.29, 0.717) is 0 Å². The van der Waals surface area contributed by atoms with E-state index in [1.165, 1.54) is 0 Å². The lowest BCUT2D eigenvalue weighted by Gasteiger charge is -2.12. The summed E-state index contributed by atoms with van der Waals surface area (Å²) in [4.78, 5) is 43.7. The number of thioether (sulfide) groups is 1. The van der Waals surface area contributed by atoms with Crippen molar-refractivity contribution < 1.29 is 24.3 Å². The average Bonchev–Trinajstić information content (AvgIpc) is 2.38. The quantitative estimate of drug-likeness (QED) is 0.307. The molecule has 0 aliphatic rings. The molecule has 2 amide bonds. The molecule has 0 saturated heterocycles. The first-order valence-corrected chi connectivity index (χ1v) is 6.68. The van der Waals surface area contributed by atoms with Crippen LogP contribution in [0.15, 0.2) is 0 Å². The Bertz CT molecular complexity index is 390. The van der Waals surface area contributed by atoms with Crippen molar-refractivity contribution >= 4 is 34.7 Å². The SMILES string of the molecule is NC(=O)CC[C@H](N)C(=O)SC[C@H](N)C(=O)NCC(=O)O. The Morgan fingerprint density at radius 2 is 1.75 bits per heavy atom. The monoisotopic (exact) mass is 306 g/mol. The molecule has 0 radical (unpaired) electrons. The second-order valence-corrected chi connectivity index (χ2v) is 4.98. The van der Waals surface area contributed by atoms with Gasteiger partial charge in [0.2, 0.25) is 16.9 Å². The molecular weight excluding hydrogens is 288 g/mol. The van der Waals surface area contributed by atoms with Gasteiger partial charge in [-0.05, 0) is 6.42 Å². The average molecular weight is 306 g/mol. The van der Waals surface area contributed by atoms with Crippen LogP contribution in [0.1, 0.15) is 12.8 Å². The van der Waals surface area contributed by atoms with Gasteiger partial charge in [0.1, 0.15) is 6.54 Å². The van der Waals surface area contributed by atoms with Crippen molar-refractivity contribution in [3.63, 3.8) is 0 Å². The maximum absolute atomic E-state index is 11.6.